The van der Waals surface area contributed by atoms with Crippen LogP contribution in [0.25, 0.3) is 0 Å². The van der Waals surface area contributed by atoms with Crippen LogP contribution in [0.5, 0.6) is 0 Å². The van der Waals surface area contributed by atoms with E-state index in [1.165, 1.54) is 11.3 Å². The molecule has 0 aliphatic carbocycles. The van der Waals surface area contributed by atoms with Crippen molar-refractivity contribution in [3.05, 3.63) is 20.3 Å². The molecule has 0 aromatic carbocycles. The lowest BCUT2D eigenvalue weighted by molar-refractivity contribution is -0.0490. The molecule has 0 spiro atoms. The number of aliphatic hydroxyl groups is 1. The standard InChI is InChI=1S/C9H11Cl2F2NOS/c1-5(14-3-9(12,13)4-15)6-2-7(10)16-8(6)11/h2,5,14-15H,3-4H2,1H3. The Labute approximate surface area is 106 Å². The van der Waals surface area contributed by atoms with Crippen molar-refractivity contribution in [2.45, 2.75) is 18.9 Å². The molecule has 0 saturated carbocycles. The summed E-state index contributed by atoms with van der Waals surface area (Å²) in [6.07, 6.45) is 0. The van der Waals surface area contributed by atoms with E-state index in [9.17, 15) is 8.78 Å². The lowest BCUT2D eigenvalue weighted by Crippen LogP contribution is -2.37. The number of hydrogen-bond acceptors (Lipinski definition) is 3. The minimum Gasteiger partial charge on any atom is -0.390 e. The number of thiophene rings is 1. The van der Waals surface area contributed by atoms with E-state index in [1.807, 2.05) is 0 Å². The van der Waals surface area contributed by atoms with E-state index in [4.69, 9.17) is 28.3 Å². The largest absolute Gasteiger partial charge is 0.390 e. The highest BCUT2D eigenvalue weighted by Crippen LogP contribution is 2.34. The molecule has 0 amide bonds. The van der Waals surface area contributed by atoms with Crippen LogP contribution < -0.4 is 5.32 Å². The molecule has 1 heterocycles. The predicted molar refractivity (Wildman–Crippen MR) is 62.8 cm³/mol. The molecule has 0 aliphatic rings. The van der Waals surface area contributed by atoms with Crippen LogP contribution in [0.15, 0.2) is 6.07 Å². The second-order valence-electron chi connectivity index (χ2n) is 3.40. The molecule has 7 heteroatoms. The number of alkyl halides is 2. The Hall–Kier alpha value is 0.0600. The number of rotatable bonds is 5. The van der Waals surface area contributed by atoms with Gasteiger partial charge in [-0.2, -0.15) is 0 Å². The molecule has 0 fully saturated rings. The maximum atomic E-state index is 12.8. The third kappa shape index (κ3) is 3.82. The first-order valence-corrected chi connectivity index (χ1v) is 6.10. The van der Waals surface area contributed by atoms with Crippen molar-refractivity contribution in [2.24, 2.45) is 0 Å². The molecule has 16 heavy (non-hydrogen) atoms. The highest BCUT2D eigenvalue weighted by atomic mass is 35.5. The van der Waals surface area contributed by atoms with E-state index in [0.717, 1.165) is 0 Å². The molecular formula is C9H11Cl2F2NOS. The molecule has 2 N–H and O–H groups in total. The number of hydrogen-bond donors (Lipinski definition) is 2. The van der Waals surface area contributed by atoms with Crippen molar-refractivity contribution in [3.8, 4) is 0 Å². The number of aliphatic hydroxyl groups excluding tert-OH is 1. The monoisotopic (exact) mass is 289 g/mol. The zero-order valence-corrected chi connectivity index (χ0v) is 10.8. The summed E-state index contributed by atoms with van der Waals surface area (Å²) in [6.45, 7) is -0.0724. The van der Waals surface area contributed by atoms with Crippen molar-refractivity contribution in [1.29, 1.82) is 0 Å². The van der Waals surface area contributed by atoms with E-state index in [2.05, 4.69) is 5.32 Å². The molecule has 92 valence electrons. The van der Waals surface area contributed by atoms with E-state index >= 15 is 0 Å². The van der Waals surface area contributed by atoms with Gasteiger partial charge in [-0.15, -0.1) is 11.3 Å². The normalized spacial score (nSPS) is 14.1. The summed E-state index contributed by atoms with van der Waals surface area (Å²) < 4.78 is 26.5. The van der Waals surface area contributed by atoms with Gasteiger partial charge in [0.15, 0.2) is 0 Å². The van der Waals surface area contributed by atoms with E-state index in [0.29, 0.717) is 14.2 Å². The van der Waals surface area contributed by atoms with Crippen molar-refractivity contribution in [3.63, 3.8) is 0 Å². The lowest BCUT2D eigenvalue weighted by Gasteiger charge is -2.18. The SMILES string of the molecule is CC(NCC(F)(F)CO)c1cc(Cl)sc1Cl. The van der Waals surface area contributed by atoms with Gasteiger partial charge in [0.1, 0.15) is 6.61 Å². The Kier molecular flexibility index (Phi) is 4.94. The molecule has 0 radical (unpaired) electrons. The van der Waals surface area contributed by atoms with Gasteiger partial charge in [-0.05, 0) is 18.6 Å². The van der Waals surface area contributed by atoms with Gasteiger partial charge in [0.2, 0.25) is 0 Å². The van der Waals surface area contributed by atoms with Crippen molar-refractivity contribution >= 4 is 34.5 Å². The summed E-state index contributed by atoms with van der Waals surface area (Å²) in [4.78, 5) is 0. The maximum Gasteiger partial charge on any atom is 0.282 e. The van der Waals surface area contributed by atoms with Gasteiger partial charge in [0, 0.05) is 6.04 Å². The zero-order chi connectivity index (χ0) is 12.3. The lowest BCUT2D eigenvalue weighted by atomic mass is 10.2. The Balaban J connectivity index is 2.59. The van der Waals surface area contributed by atoms with Gasteiger partial charge in [0.05, 0.1) is 15.2 Å². The van der Waals surface area contributed by atoms with Crippen LogP contribution >= 0.6 is 34.5 Å². The summed E-state index contributed by atoms with van der Waals surface area (Å²) in [5, 5.41) is 11.0. The molecule has 1 aromatic heterocycles. The van der Waals surface area contributed by atoms with Crippen molar-refractivity contribution < 1.29 is 13.9 Å². The highest BCUT2D eigenvalue weighted by Gasteiger charge is 2.28. The van der Waals surface area contributed by atoms with Crippen LogP contribution in [0.3, 0.4) is 0 Å². The molecule has 0 bridgehead atoms. The second kappa shape index (κ2) is 5.60. The molecule has 0 saturated heterocycles. The van der Waals surface area contributed by atoms with Crippen LogP contribution in [0, 0.1) is 0 Å². The zero-order valence-electron chi connectivity index (χ0n) is 8.44. The summed E-state index contributed by atoms with van der Waals surface area (Å²) in [5.74, 6) is -3.12. The van der Waals surface area contributed by atoms with Crippen molar-refractivity contribution in [1.82, 2.24) is 5.32 Å². The smallest absolute Gasteiger partial charge is 0.282 e. The number of nitrogens with one attached hydrogen (secondary N) is 1. The molecule has 1 rings (SSSR count). The average molecular weight is 290 g/mol. The van der Waals surface area contributed by atoms with E-state index in [1.54, 1.807) is 13.0 Å². The Morgan fingerprint density at radius 1 is 1.56 bits per heavy atom. The Morgan fingerprint density at radius 3 is 2.62 bits per heavy atom. The summed E-state index contributed by atoms with van der Waals surface area (Å²) >= 11 is 12.8. The maximum absolute atomic E-state index is 12.8. The predicted octanol–water partition coefficient (Wildman–Crippen LogP) is 3.33. The quantitative estimate of drug-likeness (QED) is 0.871. The minimum atomic E-state index is -3.12. The van der Waals surface area contributed by atoms with Crippen LogP contribution in [0.4, 0.5) is 8.78 Å². The summed E-state index contributed by atoms with van der Waals surface area (Å²) in [5.41, 5.74) is 0.686. The Morgan fingerprint density at radius 2 is 2.19 bits per heavy atom. The number of halogens is 4. The van der Waals surface area contributed by atoms with Gasteiger partial charge in [0.25, 0.3) is 5.92 Å². The van der Waals surface area contributed by atoms with Crippen LogP contribution in [0.1, 0.15) is 18.5 Å². The third-order valence-corrected chi connectivity index (χ3v) is 3.57. The van der Waals surface area contributed by atoms with Gasteiger partial charge in [-0.25, -0.2) is 8.78 Å². The molecule has 1 aromatic rings. The first-order valence-electron chi connectivity index (χ1n) is 4.52. The van der Waals surface area contributed by atoms with Gasteiger partial charge in [-0.3, -0.25) is 0 Å². The first-order chi connectivity index (χ1) is 7.35. The van der Waals surface area contributed by atoms with Gasteiger partial charge < -0.3 is 10.4 Å². The van der Waals surface area contributed by atoms with Crippen LogP contribution in [0.2, 0.25) is 8.67 Å². The van der Waals surface area contributed by atoms with Crippen LogP contribution in [-0.4, -0.2) is 24.2 Å². The van der Waals surface area contributed by atoms with E-state index in [-0.39, 0.29) is 6.04 Å². The topological polar surface area (TPSA) is 32.3 Å². The van der Waals surface area contributed by atoms with E-state index < -0.39 is 19.1 Å². The summed E-state index contributed by atoms with van der Waals surface area (Å²) in [7, 11) is 0. The fraction of sp³-hybridized carbons (Fsp3) is 0.556. The van der Waals surface area contributed by atoms with Crippen molar-refractivity contribution in [2.75, 3.05) is 13.2 Å². The third-order valence-electron chi connectivity index (χ3n) is 2.05. The molecule has 1 unspecified atom stereocenters. The fourth-order valence-corrected chi connectivity index (χ4v) is 2.76. The van der Waals surface area contributed by atoms with Gasteiger partial charge in [-0.1, -0.05) is 23.2 Å². The Bertz CT molecular complexity index is 359. The average Bonchev–Trinajstić information content (AvgIpc) is 2.54. The molecular weight excluding hydrogens is 279 g/mol. The summed E-state index contributed by atoms with van der Waals surface area (Å²) in [6, 6.07) is 1.30. The fourth-order valence-electron chi connectivity index (χ4n) is 1.12. The van der Waals surface area contributed by atoms with Gasteiger partial charge >= 0.3 is 0 Å². The second-order valence-corrected chi connectivity index (χ2v) is 5.68. The molecule has 1 atom stereocenters. The molecule has 0 aliphatic heterocycles. The minimum absolute atomic E-state index is 0.339. The first kappa shape index (κ1) is 14.1. The van der Waals surface area contributed by atoms with Crippen LogP contribution in [-0.2, 0) is 0 Å². The molecule has 2 nitrogen and oxygen atoms in total. The highest BCUT2D eigenvalue weighted by molar-refractivity contribution is 7.20.